The van der Waals surface area contributed by atoms with Gasteiger partial charge < -0.3 is 4.90 Å². The Bertz CT molecular complexity index is 429. The van der Waals surface area contributed by atoms with Crippen LogP contribution in [0, 0.1) is 12.8 Å². The van der Waals surface area contributed by atoms with Crippen molar-refractivity contribution in [2.24, 2.45) is 5.92 Å². The molecule has 2 heteroatoms. The van der Waals surface area contributed by atoms with Gasteiger partial charge in [0.15, 0.2) is 0 Å². The molecule has 1 aliphatic heterocycles. The number of hydrogen-bond donors (Lipinski definition) is 0. The highest BCUT2D eigenvalue weighted by atomic mass is 15.3. The summed E-state index contributed by atoms with van der Waals surface area (Å²) in [5.41, 5.74) is 2.77. The summed E-state index contributed by atoms with van der Waals surface area (Å²) in [4.78, 5) is 5.23. The van der Waals surface area contributed by atoms with Gasteiger partial charge in [0.1, 0.15) is 0 Å². The third-order valence-corrected chi connectivity index (χ3v) is 5.32. The number of rotatable bonds is 4. The van der Waals surface area contributed by atoms with E-state index in [2.05, 4.69) is 41.0 Å². The van der Waals surface area contributed by atoms with Gasteiger partial charge in [0.2, 0.25) is 0 Å². The van der Waals surface area contributed by atoms with Crippen LogP contribution in [0.3, 0.4) is 0 Å². The zero-order valence-corrected chi connectivity index (χ0v) is 13.6. The molecule has 1 aromatic rings. The summed E-state index contributed by atoms with van der Waals surface area (Å²) in [5.74, 6) is 1.02. The van der Waals surface area contributed by atoms with Gasteiger partial charge in [-0.25, -0.2) is 0 Å². The molecule has 2 nitrogen and oxygen atoms in total. The van der Waals surface area contributed by atoms with Crippen molar-refractivity contribution >= 4 is 5.69 Å². The van der Waals surface area contributed by atoms with E-state index in [0.717, 1.165) is 5.92 Å². The molecule has 1 aliphatic carbocycles. The molecule has 0 aromatic heterocycles. The third kappa shape index (κ3) is 4.23. The Hall–Kier alpha value is -1.02. The Morgan fingerprint density at radius 1 is 1.00 bits per heavy atom. The van der Waals surface area contributed by atoms with Crippen LogP contribution >= 0.6 is 0 Å². The second-order valence-corrected chi connectivity index (χ2v) is 6.96. The molecule has 21 heavy (non-hydrogen) atoms. The van der Waals surface area contributed by atoms with Crippen LogP contribution in [0.5, 0.6) is 0 Å². The first kappa shape index (κ1) is 14.9. The van der Waals surface area contributed by atoms with Crippen molar-refractivity contribution in [1.82, 2.24) is 4.90 Å². The Morgan fingerprint density at radius 3 is 2.48 bits per heavy atom. The number of anilines is 1. The molecular formula is C19H30N2. The van der Waals surface area contributed by atoms with Crippen LogP contribution in [0.25, 0.3) is 0 Å². The summed E-state index contributed by atoms with van der Waals surface area (Å²) in [7, 11) is 0. The Morgan fingerprint density at radius 2 is 1.76 bits per heavy atom. The predicted molar refractivity (Wildman–Crippen MR) is 91.0 cm³/mol. The fourth-order valence-electron chi connectivity index (χ4n) is 3.90. The summed E-state index contributed by atoms with van der Waals surface area (Å²) in [6.07, 6.45) is 8.85. The monoisotopic (exact) mass is 286 g/mol. The lowest BCUT2D eigenvalue weighted by Crippen LogP contribution is -2.46. The van der Waals surface area contributed by atoms with Gasteiger partial charge in [-0.3, -0.25) is 4.90 Å². The van der Waals surface area contributed by atoms with Crippen molar-refractivity contribution in [3.05, 3.63) is 29.8 Å². The smallest absolute Gasteiger partial charge is 0.0369 e. The van der Waals surface area contributed by atoms with Crippen LogP contribution in [-0.4, -0.2) is 37.6 Å². The number of piperazine rings is 1. The first-order valence-corrected chi connectivity index (χ1v) is 8.85. The molecule has 2 fully saturated rings. The van der Waals surface area contributed by atoms with Crippen molar-refractivity contribution < 1.29 is 0 Å². The normalized spacial score (nSPS) is 21.7. The van der Waals surface area contributed by atoms with E-state index in [0.29, 0.717) is 0 Å². The van der Waals surface area contributed by atoms with Crippen LogP contribution in [0.2, 0.25) is 0 Å². The minimum absolute atomic E-state index is 1.02. The minimum atomic E-state index is 1.02. The van der Waals surface area contributed by atoms with E-state index < -0.39 is 0 Å². The zero-order chi connectivity index (χ0) is 14.5. The number of benzene rings is 1. The zero-order valence-electron chi connectivity index (χ0n) is 13.6. The quantitative estimate of drug-likeness (QED) is 0.822. The Kier molecular flexibility index (Phi) is 5.18. The molecule has 0 N–H and O–H groups in total. The van der Waals surface area contributed by atoms with Crippen LogP contribution in [0.4, 0.5) is 5.69 Å². The Labute approximate surface area is 130 Å². The maximum atomic E-state index is 2.68. The molecule has 0 unspecified atom stereocenters. The van der Waals surface area contributed by atoms with E-state index in [-0.39, 0.29) is 0 Å². The fraction of sp³-hybridized carbons (Fsp3) is 0.684. The summed E-state index contributed by atoms with van der Waals surface area (Å²) >= 11 is 0. The lowest BCUT2D eigenvalue weighted by atomic mass is 9.87. The van der Waals surface area contributed by atoms with E-state index >= 15 is 0 Å². The number of nitrogens with zero attached hydrogens (tertiary/aromatic N) is 2. The van der Waals surface area contributed by atoms with E-state index in [1.165, 1.54) is 82.5 Å². The highest BCUT2D eigenvalue weighted by Crippen LogP contribution is 2.26. The molecule has 1 saturated carbocycles. The largest absolute Gasteiger partial charge is 0.369 e. The van der Waals surface area contributed by atoms with Crippen LogP contribution < -0.4 is 4.90 Å². The average molecular weight is 286 g/mol. The van der Waals surface area contributed by atoms with Gasteiger partial charge in [-0.2, -0.15) is 0 Å². The molecule has 1 heterocycles. The first-order valence-electron chi connectivity index (χ1n) is 8.85. The maximum Gasteiger partial charge on any atom is 0.0369 e. The van der Waals surface area contributed by atoms with Gasteiger partial charge in [-0.1, -0.05) is 44.2 Å². The topological polar surface area (TPSA) is 6.48 Å². The fourth-order valence-corrected chi connectivity index (χ4v) is 3.90. The van der Waals surface area contributed by atoms with Crippen molar-refractivity contribution in [2.75, 3.05) is 37.6 Å². The first-order chi connectivity index (χ1) is 10.3. The maximum absolute atomic E-state index is 2.68. The highest BCUT2D eigenvalue weighted by molar-refractivity contribution is 5.48. The second kappa shape index (κ2) is 7.31. The van der Waals surface area contributed by atoms with Crippen molar-refractivity contribution in [1.29, 1.82) is 0 Å². The lowest BCUT2D eigenvalue weighted by Gasteiger charge is -2.37. The van der Waals surface area contributed by atoms with E-state index in [1.807, 2.05) is 0 Å². The van der Waals surface area contributed by atoms with E-state index in [9.17, 15) is 0 Å². The van der Waals surface area contributed by atoms with Crippen LogP contribution in [0.1, 0.15) is 44.1 Å². The molecule has 0 radical (unpaired) electrons. The van der Waals surface area contributed by atoms with Gasteiger partial charge in [0, 0.05) is 31.9 Å². The van der Waals surface area contributed by atoms with Gasteiger partial charge in [-0.15, -0.1) is 0 Å². The van der Waals surface area contributed by atoms with Gasteiger partial charge in [-0.05, 0) is 43.5 Å². The van der Waals surface area contributed by atoms with E-state index in [1.54, 1.807) is 0 Å². The summed E-state index contributed by atoms with van der Waals surface area (Å²) in [6.45, 7) is 8.36. The highest BCUT2D eigenvalue weighted by Gasteiger charge is 2.19. The molecule has 0 amide bonds. The average Bonchev–Trinajstić information content (AvgIpc) is 2.54. The molecule has 116 valence electrons. The minimum Gasteiger partial charge on any atom is -0.369 e. The molecular weight excluding hydrogens is 256 g/mol. The molecule has 1 saturated heterocycles. The van der Waals surface area contributed by atoms with Crippen LogP contribution in [-0.2, 0) is 0 Å². The van der Waals surface area contributed by atoms with Gasteiger partial charge >= 0.3 is 0 Å². The van der Waals surface area contributed by atoms with Crippen molar-refractivity contribution in [3.8, 4) is 0 Å². The van der Waals surface area contributed by atoms with Crippen molar-refractivity contribution in [2.45, 2.75) is 45.4 Å². The van der Waals surface area contributed by atoms with Crippen molar-refractivity contribution in [3.63, 3.8) is 0 Å². The SMILES string of the molecule is Cc1cccc(N2CCN(CCC3CCCCC3)CC2)c1. The number of hydrogen-bond acceptors (Lipinski definition) is 2. The predicted octanol–water partition coefficient (Wildman–Crippen LogP) is 4.09. The lowest BCUT2D eigenvalue weighted by molar-refractivity contribution is 0.221. The summed E-state index contributed by atoms with van der Waals surface area (Å²) in [6, 6.07) is 8.94. The molecule has 0 spiro atoms. The van der Waals surface area contributed by atoms with Gasteiger partial charge in [0.05, 0.1) is 0 Å². The molecule has 3 rings (SSSR count). The molecule has 2 aliphatic rings. The van der Waals surface area contributed by atoms with E-state index in [4.69, 9.17) is 0 Å². The van der Waals surface area contributed by atoms with Gasteiger partial charge in [0.25, 0.3) is 0 Å². The molecule has 1 aromatic carbocycles. The summed E-state index contributed by atoms with van der Waals surface area (Å²) < 4.78 is 0. The standard InChI is InChI=1S/C19H30N2/c1-17-6-5-9-19(16-17)21-14-12-20(13-15-21)11-10-18-7-3-2-4-8-18/h5-6,9,16,18H,2-4,7-8,10-15H2,1H3. The third-order valence-electron chi connectivity index (χ3n) is 5.32. The summed E-state index contributed by atoms with van der Waals surface area (Å²) in [5, 5.41) is 0. The van der Waals surface area contributed by atoms with Crippen LogP contribution in [0.15, 0.2) is 24.3 Å². The second-order valence-electron chi connectivity index (χ2n) is 6.96. The molecule has 0 atom stereocenters. The Balaban J connectivity index is 1.42. The number of aryl methyl sites for hydroxylation is 1. The molecule has 0 bridgehead atoms.